The van der Waals surface area contributed by atoms with Crippen LogP contribution in [-0.2, 0) is 11.2 Å². The summed E-state index contributed by atoms with van der Waals surface area (Å²) in [6, 6.07) is 7.26. The number of ether oxygens (including phenoxy) is 1. The fraction of sp³-hybridized carbons (Fsp3) is 0.462. The van der Waals surface area contributed by atoms with Crippen molar-refractivity contribution in [2.75, 3.05) is 6.61 Å². The van der Waals surface area contributed by atoms with Crippen molar-refractivity contribution >= 4 is 5.91 Å². The van der Waals surface area contributed by atoms with Crippen molar-refractivity contribution in [3.63, 3.8) is 0 Å². The summed E-state index contributed by atoms with van der Waals surface area (Å²) < 4.78 is 5.40. The van der Waals surface area contributed by atoms with E-state index in [2.05, 4.69) is 5.32 Å². The molecule has 0 aliphatic heterocycles. The molecule has 0 saturated heterocycles. The maximum atomic E-state index is 10.7. The van der Waals surface area contributed by atoms with Crippen LogP contribution in [0.4, 0.5) is 0 Å². The summed E-state index contributed by atoms with van der Waals surface area (Å²) in [5, 5.41) is 12.5. The van der Waals surface area contributed by atoms with Crippen molar-refractivity contribution in [2.24, 2.45) is 5.73 Å². The van der Waals surface area contributed by atoms with Crippen LogP contribution >= 0.6 is 0 Å². The molecule has 0 aliphatic rings. The Kier molecular flexibility index (Phi) is 5.61. The van der Waals surface area contributed by atoms with E-state index in [1.165, 1.54) is 0 Å². The summed E-state index contributed by atoms with van der Waals surface area (Å²) in [7, 11) is 0. The third-order valence-corrected chi connectivity index (χ3v) is 2.24. The molecule has 1 atom stereocenters. The van der Waals surface area contributed by atoms with Gasteiger partial charge in [0.25, 0.3) is 0 Å². The third kappa shape index (κ3) is 5.65. The molecule has 4 N–H and O–H groups in total. The minimum absolute atomic E-state index is 0.174. The van der Waals surface area contributed by atoms with Gasteiger partial charge < -0.3 is 15.6 Å². The van der Waals surface area contributed by atoms with E-state index in [-0.39, 0.29) is 25.0 Å². The first-order valence-electron chi connectivity index (χ1n) is 5.91. The number of nitrogens with one attached hydrogen (secondary N) is 1. The number of aliphatic hydroxyl groups is 1. The van der Waals surface area contributed by atoms with E-state index in [9.17, 15) is 9.90 Å². The quantitative estimate of drug-likeness (QED) is 0.614. The molecule has 1 rings (SSSR count). The fourth-order valence-corrected chi connectivity index (χ4v) is 1.51. The number of hydrogen-bond donors (Lipinski definition) is 3. The molecule has 100 valence electrons. The highest BCUT2D eigenvalue weighted by molar-refractivity contribution is 5.76. The lowest BCUT2D eigenvalue weighted by Gasteiger charge is -2.16. The van der Waals surface area contributed by atoms with Crippen molar-refractivity contribution in [2.45, 2.75) is 32.5 Å². The number of carbonyl (C=O) groups is 1. The molecule has 5 heteroatoms. The molecule has 0 fully saturated rings. The Labute approximate surface area is 107 Å². The molecule has 0 bridgehead atoms. The summed E-state index contributed by atoms with van der Waals surface area (Å²) >= 11 is 0. The van der Waals surface area contributed by atoms with Crippen LogP contribution in [0, 0.1) is 0 Å². The Morgan fingerprint density at radius 3 is 2.50 bits per heavy atom. The van der Waals surface area contributed by atoms with Gasteiger partial charge in [0.05, 0.1) is 6.42 Å². The first kappa shape index (κ1) is 14.5. The molecule has 0 heterocycles. The number of benzene rings is 1. The van der Waals surface area contributed by atoms with Gasteiger partial charge in [0.1, 0.15) is 18.6 Å². The van der Waals surface area contributed by atoms with Crippen molar-refractivity contribution in [1.82, 2.24) is 5.32 Å². The number of nitrogens with two attached hydrogens (primary N) is 1. The third-order valence-electron chi connectivity index (χ3n) is 2.24. The molecular formula is C13H20N2O3. The van der Waals surface area contributed by atoms with E-state index in [0.29, 0.717) is 5.75 Å². The Morgan fingerprint density at radius 2 is 2.00 bits per heavy atom. The lowest BCUT2D eigenvalue weighted by Crippen LogP contribution is -2.38. The van der Waals surface area contributed by atoms with Crippen LogP contribution in [0.2, 0.25) is 0 Å². The number of rotatable bonds is 7. The molecule has 18 heavy (non-hydrogen) atoms. The van der Waals surface area contributed by atoms with Crippen LogP contribution in [-0.4, -0.2) is 29.9 Å². The number of aliphatic hydroxyl groups excluding tert-OH is 1. The molecular weight excluding hydrogens is 232 g/mol. The van der Waals surface area contributed by atoms with E-state index in [4.69, 9.17) is 10.5 Å². The topological polar surface area (TPSA) is 84.6 Å². The smallest absolute Gasteiger partial charge is 0.221 e. The summed E-state index contributed by atoms with van der Waals surface area (Å²) in [6.45, 7) is 4.07. The normalized spacial score (nSPS) is 12.4. The maximum Gasteiger partial charge on any atom is 0.221 e. The van der Waals surface area contributed by atoms with Gasteiger partial charge in [-0.3, -0.25) is 10.1 Å². The molecule has 1 aromatic carbocycles. The maximum absolute atomic E-state index is 10.7. The van der Waals surface area contributed by atoms with Crippen LogP contribution < -0.4 is 15.8 Å². The minimum atomic E-state index is -0.699. The van der Waals surface area contributed by atoms with Crippen LogP contribution in [0.15, 0.2) is 24.3 Å². The Hall–Kier alpha value is -1.59. The first-order chi connectivity index (χ1) is 8.47. The summed E-state index contributed by atoms with van der Waals surface area (Å²) in [5.41, 5.74) is 5.94. The molecule has 0 saturated carbocycles. The van der Waals surface area contributed by atoms with Crippen LogP contribution in [0.1, 0.15) is 19.4 Å². The zero-order chi connectivity index (χ0) is 13.5. The Bertz CT molecular complexity index is 376. The van der Waals surface area contributed by atoms with E-state index >= 15 is 0 Å². The fourth-order valence-electron chi connectivity index (χ4n) is 1.51. The summed E-state index contributed by atoms with van der Waals surface area (Å²) in [4.78, 5) is 10.7. The highest BCUT2D eigenvalue weighted by Crippen LogP contribution is 2.12. The Balaban J connectivity index is 2.41. The lowest BCUT2D eigenvalue weighted by molar-refractivity contribution is -0.117. The van der Waals surface area contributed by atoms with Gasteiger partial charge >= 0.3 is 0 Å². The van der Waals surface area contributed by atoms with Crippen molar-refractivity contribution in [3.8, 4) is 5.75 Å². The van der Waals surface area contributed by atoms with Gasteiger partial charge in [0.2, 0.25) is 5.91 Å². The van der Waals surface area contributed by atoms with E-state index in [1.54, 1.807) is 24.3 Å². The highest BCUT2D eigenvalue weighted by Gasteiger charge is 2.06. The molecule has 0 aromatic heterocycles. The van der Waals surface area contributed by atoms with Gasteiger partial charge in [-0.25, -0.2) is 0 Å². The zero-order valence-electron chi connectivity index (χ0n) is 10.7. The summed E-state index contributed by atoms with van der Waals surface area (Å²) in [6.07, 6.45) is -0.479. The predicted molar refractivity (Wildman–Crippen MR) is 69.1 cm³/mol. The van der Waals surface area contributed by atoms with Gasteiger partial charge in [0.15, 0.2) is 0 Å². The second-order valence-corrected chi connectivity index (χ2v) is 4.44. The number of amides is 1. The van der Waals surface area contributed by atoms with E-state index < -0.39 is 6.23 Å². The van der Waals surface area contributed by atoms with Gasteiger partial charge in [-0.2, -0.15) is 0 Å². The molecule has 0 radical (unpaired) electrons. The van der Waals surface area contributed by atoms with Gasteiger partial charge in [-0.1, -0.05) is 12.1 Å². The van der Waals surface area contributed by atoms with E-state index in [0.717, 1.165) is 5.56 Å². The average molecular weight is 252 g/mol. The second-order valence-electron chi connectivity index (χ2n) is 4.44. The zero-order valence-corrected chi connectivity index (χ0v) is 10.7. The lowest BCUT2D eigenvalue weighted by atomic mass is 10.1. The van der Waals surface area contributed by atoms with E-state index in [1.807, 2.05) is 13.8 Å². The SMILES string of the molecule is CC(C)NC(O)COc1ccc(CC(N)=O)cc1. The molecule has 1 unspecified atom stereocenters. The largest absolute Gasteiger partial charge is 0.489 e. The van der Waals surface area contributed by atoms with Gasteiger partial charge in [-0.05, 0) is 31.5 Å². The molecule has 1 aromatic rings. The number of primary amides is 1. The first-order valence-corrected chi connectivity index (χ1v) is 5.91. The Morgan fingerprint density at radius 1 is 1.39 bits per heavy atom. The van der Waals surface area contributed by atoms with Gasteiger partial charge in [0, 0.05) is 6.04 Å². The molecule has 1 amide bonds. The molecule has 0 aliphatic carbocycles. The van der Waals surface area contributed by atoms with Gasteiger partial charge in [-0.15, -0.1) is 0 Å². The standard InChI is InChI=1S/C13H20N2O3/c1-9(2)15-13(17)8-18-11-5-3-10(4-6-11)7-12(14)16/h3-6,9,13,15,17H,7-8H2,1-2H3,(H2,14,16). The minimum Gasteiger partial charge on any atom is -0.489 e. The monoisotopic (exact) mass is 252 g/mol. The number of hydrogen-bond acceptors (Lipinski definition) is 4. The van der Waals surface area contributed by atoms with Crippen LogP contribution in [0.5, 0.6) is 5.75 Å². The van der Waals surface area contributed by atoms with Crippen molar-refractivity contribution in [1.29, 1.82) is 0 Å². The molecule has 0 spiro atoms. The van der Waals surface area contributed by atoms with Crippen molar-refractivity contribution in [3.05, 3.63) is 29.8 Å². The molecule has 5 nitrogen and oxygen atoms in total. The average Bonchev–Trinajstić information content (AvgIpc) is 2.26. The second kappa shape index (κ2) is 6.98. The van der Waals surface area contributed by atoms with Crippen LogP contribution in [0.3, 0.4) is 0 Å². The van der Waals surface area contributed by atoms with Crippen molar-refractivity contribution < 1.29 is 14.6 Å². The predicted octanol–water partition coefficient (Wildman–Crippen LogP) is 0.410. The summed E-state index contributed by atoms with van der Waals surface area (Å²) in [5.74, 6) is 0.285. The number of carbonyl (C=O) groups excluding carboxylic acids is 1. The van der Waals surface area contributed by atoms with Crippen LogP contribution in [0.25, 0.3) is 0 Å². The highest BCUT2D eigenvalue weighted by atomic mass is 16.5.